The highest BCUT2D eigenvalue weighted by Crippen LogP contribution is 2.57. The van der Waals surface area contributed by atoms with Crippen molar-refractivity contribution in [1.82, 2.24) is 15.0 Å². The van der Waals surface area contributed by atoms with Crippen LogP contribution in [0.2, 0.25) is 0 Å². The highest BCUT2D eigenvalue weighted by molar-refractivity contribution is 6.08. The van der Waals surface area contributed by atoms with Crippen molar-refractivity contribution < 1.29 is 4.42 Å². The van der Waals surface area contributed by atoms with Gasteiger partial charge in [-0.05, 0) is 86.5 Å². The maximum absolute atomic E-state index is 6.62. The number of benzene rings is 8. The monoisotopic (exact) mass is 791 g/mol. The van der Waals surface area contributed by atoms with Crippen LogP contribution in [0.4, 0.5) is 0 Å². The largest absolute Gasteiger partial charge is 0.454 e. The summed E-state index contributed by atoms with van der Waals surface area (Å²) in [5.74, 6) is 0.660. The fourth-order valence-electron chi connectivity index (χ4n) is 9.67. The van der Waals surface area contributed by atoms with Gasteiger partial charge in [0.2, 0.25) is 0 Å². The Kier molecular flexibility index (Phi) is 8.36. The molecule has 290 valence electrons. The third-order valence-corrected chi connectivity index (χ3v) is 12.5. The quantitative estimate of drug-likeness (QED) is 0.161. The Morgan fingerprint density at radius 1 is 0.371 bits per heavy atom. The molecule has 3 aromatic heterocycles. The molecule has 3 heterocycles. The van der Waals surface area contributed by atoms with Crippen molar-refractivity contribution in [2.75, 3.05) is 0 Å². The SMILES string of the molecule is c1ccc(-c2cc(-c3cc(-c4ccc5c(c4)C(c4ccccc4)(c4ccccc4)c4ccccc4-5)ccc3-c3ccnc4c3oc3ccccc34)nc(-c3ccccc3)n2)cc1. The lowest BCUT2D eigenvalue weighted by atomic mass is 9.67. The molecule has 4 heteroatoms. The number of fused-ring (bicyclic) bond motifs is 6. The smallest absolute Gasteiger partial charge is 0.161 e. The molecule has 62 heavy (non-hydrogen) atoms. The van der Waals surface area contributed by atoms with E-state index in [0.717, 1.165) is 72.4 Å². The van der Waals surface area contributed by atoms with Crippen LogP contribution in [0, 0.1) is 0 Å². The first-order valence-electron chi connectivity index (χ1n) is 21.0. The summed E-state index contributed by atoms with van der Waals surface area (Å²) in [6, 6.07) is 77.5. The van der Waals surface area contributed by atoms with Gasteiger partial charge in [-0.2, -0.15) is 0 Å². The zero-order valence-corrected chi connectivity index (χ0v) is 33.6. The zero-order valence-electron chi connectivity index (χ0n) is 33.6. The molecular weight excluding hydrogens is 755 g/mol. The highest BCUT2D eigenvalue weighted by atomic mass is 16.3. The van der Waals surface area contributed by atoms with E-state index in [-0.39, 0.29) is 0 Å². The summed E-state index contributed by atoms with van der Waals surface area (Å²) in [6.07, 6.45) is 1.88. The van der Waals surface area contributed by atoms with Gasteiger partial charge in [-0.3, -0.25) is 4.98 Å². The van der Waals surface area contributed by atoms with Crippen LogP contribution < -0.4 is 0 Å². The topological polar surface area (TPSA) is 51.8 Å². The Hall–Kier alpha value is -8.21. The van der Waals surface area contributed by atoms with Crippen molar-refractivity contribution in [2.24, 2.45) is 0 Å². The van der Waals surface area contributed by atoms with Crippen molar-refractivity contribution in [3.8, 4) is 67.3 Å². The molecule has 12 rings (SSSR count). The molecule has 0 saturated carbocycles. The van der Waals surface area contributed by atoms with Crippen molar-refractivity contribution in [3.05, 3.63) is 247 Å². The third-order valence-electron chi connectivity index (χ3n) is 12.5. The van der Waals surface area contributed by atoms with Crippen LogP contribution in [0.1, 0.15) is 22.3 Å². The van der Waals surface area contributed by atoms with E-state index >= 15 is 0 Å². The van der Waals surface area contributed by atoms with Crippen molar-refractivity contribution >= 4 is 22.1 Å². The average Bonchev–Trinajstić information content (AvgIpc) is 3.89. The van der Waals surface area contributed by atoms with E-state index in [1.54, 1.807) is 0 Å². The van der Waals surface area contributed by atoms with Crippen molar-refractivity contribution in [3.63, 3.8) is 0 Å². The Morgan fingerprint density at radius 2 is 0.952 bits per heavy atom. The molecule has 0 radical (unpaired) electrons. The van der Waals surface area contributed by atoms with Gasteiger partial charge in [0, 0.05) is 33.8 Å². The van der Waals surface area contributed by atoms with E-state index in [1.165, 1.54) is 33.4 Å². The summed E-state index contributed by atoms with van der Waals surface area (Å²) in [6.45, 7) is 0. The van der Waals surface area contributed by atoms with E-state index in [2.05, 4.69) is 176 Å². The van der Waals surface area contributed by atoms with Crippen LogP contribution in [0.3, 0.4) is 0 Å². The van der Waals surface area contributed by atoms with E-state index in [1.807, 2.05) is 48.7 Å². The van der Waals surface area contributed by atoms with E-state index in [4.69, 9.17) is 19.4 Å². The molecule has 0 unspecified atom stereocenters. The minimum absolute atomic E-state index is 0.515. The normalized spacial score (nSPS) is 12.6. The second kappa shape index (κ2) is 14.5. The number of pyridine rings is 1. The fraction of sp³-hybridized carbons (Fsp3) is 0.0172. The van der Waals surface area contributed by atoms with Gasteiger partial charge in [0.25, 0.3) is 0 Å². The number of nitrogens with zero attached hydrogens (tertiary/aromatic N) is 3. The molecule has 0 fully saturated rings. The molecular formula is C58H37N3O. The molecule has 0 bridgehead atoms. The Morgan fingerprint density at radius 3 is 1.69 bits per heavy atom. The van der Waals surface area contributed by atoms with Gasteiger partial charge in [-0.1, -0.05) is 182 Å². The summed E-state index contributed by atoms with van der Waals surface area (Å²) in [4.78, 5) is 15.4. The van der Waals surface area contributed by atoms with Gasteiger partial charge in [-0.15, -0.1) is 0 Å². The van der Waals surface area contributed by atoms with E-state index in [0.29, 0.717) is 5.82 Å². The van der Waals surface area contributed by atoms with Gasteiger partial charge >= 0.3 is 0 Å². The number of hydrogen-bond donors (Lipinski definition) is 0. The van der Waals surface area contributed by atoms with Crippen molar-refractivity contribution in [2.45, 2.75) is 5.41 Å². The maximum Gasteiger partial charge on any atom is 0.161 e. The second-order valence-electron chi connectivity index (χ2n) is 15.9. The average molecular weight is 792 g/mol. The first kappa shape index (κ1) is 35.7. The van der Waals surface area contributed by atoms with Gasteiger partial charge in [-0.25, -0.2) is 9.97 Å². The van der Waals surface area contributed by atoms with Gasteiger partial charge < -0.3 is 4.42 Å². The summed E-state index contributed by atoms with van der Waals surface area (Å²) >= 11 is 0. The highest BCUT2D eigenvalue weighted by Gasteiger charge is 2.46. The standard InChI is InChI=1S/C58H37N3O/c1-5-17-38(18-6-1)52-37-53(61-57(60-52)39-19-7-2-8-20-39)49-35-40(29-31-44(49)47-33-34-59-55-48-26-14-16-28-54(48)62-56(47)55)41-30-32-46-45-25-13-15-27-50(45)58(51(46)36-41,42-21-9-3-10-22-42)43-23-11-4-12-24-43/h1-37H. The molecule has 0 atom stereocenters. The molecule has 1 aliphatic rings. The van der Waals surface area contributed by atoms with E-state index < -0.39 is 5.41 Å². The molecule has 1 aliphatic carbocycles. The number of hydrogen-bond acceptors (Lipinski definition) is 4. The summed E-state index contributed by atoms with van der Waals surface area (Å²) < 4.78 is 6.62. The number of aromatic nitrogens is 3. The van der Waals surface area contributed by atoms with Gasteiger partial charge in [0.05, 0.1) is 16.8 Å². The molecule has 0 aliphatic heterocycles. The predicted octanol–water partition coefficient (Wildman–Crippen LogP) is 14.5. The molecule has 4 nitrogen and oxygen atoms in total. The predicted molar refractivity (Wildman–Crippen MR) is 252 cm³/mol. The Bertz CT molecular complexity index is 3350. The minimum atomic E-state index is -0.515. The van der Waals surface area contributed by atoms with E-state index in [9.17, 15) is 0 Å². The summed E-state index contributed by atoms with van der Waals surface area (Å²) in [5, 5.41) is 0.988. The molecule has 0 N–H and O–H groups in total. The third kappa shape index (κ3) is 5.65. The molecule has 11 aromatic rings. The van der Waals surface area contributed by atoms with Crippen LogP contribution in [-0.4, -0.2) is 15.0 Å². The van der Waals surface area contributed by atoms with Crippen LogP contribution >= 0.6 is 0 Å². The molecule has 8 aromatic carbocycles. The summed E-state index contributed by atoms with van der Waals surface area (Å²) in [7, 11) is 0. The zero-order chi connectivity index (χ0) is 41.0. The van der Waals surface area contributed by atoms with Crippen LogP contribution in [-0.2, 0) is 5.41 Å². The minimum Gasteiger partial charge on any atom is -0.454 e. The van der Waals surface area contributed by atoms with Crippen LogP contribution in [0.15, 0.2) is 229 Å². The van der Waals surface area contributed by atoms with Crippen LogP contribution in [0.25, 0.3) is 89.4 Å². The Balaban J connectivity index is 1.12. The number of furan rings is 1. The molecule has 0 amide bonds. The second-order valence-corrected chi connectivity index (χ2v) is 15.9. The number of rotatable bonds is 7. The van der Waals surface area contributed by atoms with Gasteiger partial charge in [0.1, 0.15) is 11.1 Å². The Labute approximate surface area is 359 Å². The maximum atomic E-state index is 6.62. The fourth-order valence-corrected chi connectivity index (χ4v) is 9.67. The van der Waals surface area contributed by atoms with Gasteiger partial charge in [0.15, 0.2) is 11.4 Å². The van der Waals surface area contributed by atoms with Crippen molar-refractivity contribution in [1.29, 1.82) is 0 Å². The lowest BCUT2D eigenvalue weighted by Crippen LogP contribution is -2.28. The number of para-hydroxylation sites is 1. The molecule has 0 saturated heterocycles. The van der Waals surface area contributed by atoms with Crippen LogP contribution in [0.5, 0.6) is 0 Å². The summed E-state index contributed by atoms with van der Waals surface area (Å²) in [5.41, 5.74) is 18.1. The lowest BCUT2D eigenvalue weighted by molar-refractivity contribution is 0.669. The first-order chi connectivity index (χ1) is 30.7. The molecule has 0 spiro atoms. The lowest BCUT2D eigenvalue weighted by Gasteiger charge is -2.34. The first-order valence-corrected chi connectivity index (χ1v) is 21.0.